The minimum atomic E-state index is 0.0313. The molecule has 0 aliphatic carbocycles. The van der Waals surface area contributed by atoms with Gasteiger partial charge in [0.25, 0.3) is 5.91 Å². The van der Waals surface area contributed by atoms with Gasteiger partial charge in [-0.1, -0.05) is 35.5 Å². The SMILES string of the molecule is O=C1CCc2cc(C(=O)N3CCN(CCC/C(=N\O)c4ccccc4)CC3)ccc2N1. The van der Waals surface area contributed by atoms with Crippen molar-refractivity contribution < 1.29 is 14.8 Å². The van der Waals surface area contributed by atoms with E-state index < -0.39 is 0 Å². The average molecular weight is 421 g/mol. The molecule has 7 nitrogen and oxygen atoms in total. The lowest BCUT2D eigenvalue weighted by atomic mass is 10.00. The predicted molar refractivity (Wildman–Crippen MR) is 120 cm³/mol. The Morgan fingerprint density at radius 1 is 1.00 bits per heavy atom. The van der Waals surface area contributed by atoms with Gasteiger partial charge in [-0.2, -0.15) is 0 Å². The third-order valence-electron chi connectivity index (χ3n) is 6.02. The molecule has 2 aromatic carbocycles. The van der Waals surface area contributed by atoms with Crippen molar-refractivity contribution in [1.82, 2.24) is 9.80 Å². The first kappa shape index (κ1) is 21.1. The first-order valence-corrected chi connectivity index (χ1v) is 10.8. The first-order valence-electron chi connectivity index (χ1n) is 10.8. The monoisotopic (exact) mass is 420 g/mol. The summed E-state index contributed by atoms with van der Waals surface area (Å²) in [6, 6.07) is 15.3. The van der Waals surface area contributed by atoms with Gasteiger partial charge >= 0.3 is 0 Å². The molecule has 1 fully saturated rings. The highest BCUT2D eigenvalue weighted by atomic mass is 16.4. The number of nitrogens with zero attached hydrogens (tertiary/aromatic N) is 3. The van der Waals surface area contributed by atoms with E-state index in [2.05, 4.69) is 15.4 Å². The van der Waals surface area contributed by atoms with Crippen molar-refractivity contribution in [2.24, 2.45) is 5.16 Å². The molecule has 162 valence electrons. The number of rotatable bonds is 6. The zero-order valence-electron chi connectivity index (χ0n) is 17.6. The molecule has 0 atom stereocenters. The maximum Gasteiger partial charge on any atom is 0.253 e. The van der Waals surface area contributed by atoms with E-state index in [0.717, 1.165) is 42.9 Å². The van der Waals surface area contributed by atoms with E-state index >= 15 is 0 Å². The molecule has 2 amide bonds. The Hall–Kier alpha value is -3.19. The van der Waals surface area contributed by atoms with Gasteiger partial charge in [-0.25, -0.2) is 0 Å². The van der Waals surface area contributed by atoms with Gasteiger partial charge < -0.3 is 15.4 Å². The van der Waals surface area contributed by atoms with Crippen LogP contribution in [0.5, 0.6) is 0 Å². The van der Waals surface area contributed by atoms with Crippen LogP contribution < -0.4 is 5.32 Å². The van der Waals surface area contributed by atoms with E-state index in [1.54, 1.807) is 6.07 Å². The number of hydrogen-bond donors (Lipinski definition) is 2. The topological polar surface area (TPSA) is 85.2 Å². The second-order valence-corrected chi connectivity index (χ2v) is 8.07. The Morgan fingerprint density at radius 2 is 1.77 bits per heavy atom. The fourth-order valence-electron chi connectivity index (χ4n) is 4.23. The van der Waals surface area contributed by atoms with Crippen LogP contribution in [0.3, 0.4) is 0 Å². The van der Waals surface area contributed by atoms with Gasteiger partial charge in [0.05, 0.1) is 5.71 Å². The van der Waals surface area contributed by atoms with Gasteiger partial charge in [0.2, 0.25) is 5.91 Å². The van der Waals surface area contributed by atoms with Crippen molar-refractivity contribution >= 4 is 23.2 Å². The van der Waals surface area contributed by atoms with Gasteiger partial charge in [0, 0.05) is 43.9 Å². The summed E-state index contributed by atoms with van der Waals surface area (Å²) in [4.78, 5) is 28.7. The molecule has 2 heterocycles. The molecule has 31 heavy (non-hydrogen) atoms. The molecule has 0 aromatic heterocycles. The van der Waals surface area contributed by atoms with Gasteiger partial charge in [0.1, 0.15) is 0 Å². The smallest absolute Gasteiger partial charge is 0.253 e. The average Bonchev–Trinajstić information content (AvgIpc) is 2.82. The maximum absolute atomic E-state index is 12.9. The highest BCUT2D eigenvalue weighted by Gasteiger charge is 2.23. The molecule has 2 N–H and O–H groups in total. The lowest BCUT2D eigenvalue weighted by Crippen LogP contribution is -2.48. The van der Waals surface area contributed by atoms with Crippen LogP contribution in [0.25, 0.3) is 0 Å². The van der Waals surface area contributed by atoms with Crippen molar-refractivity contribution in [3.8, 4) is 0 Å². The second-order valence-electron chi connectivity index (χ2n) is 8.07. The Morgan fingerprint density at radius 3 is 2.52 bits per heavy atom. The van der Waals surface area contributed by atoms with Crippen LogP contribution in [0.15, 0.2) is 53.7 Å². The molecule has 1 saturated heterocycles. The summed E-state index contributed by atoms with van der Waals surface area (Å²) in [5, 5.41) is 15.6. The van der Waals surface area contributed by atoms with E-state index in [9.17, 15) is 14.8 Å². The van der Waals surface area contributed by atoms with Crippen molar-refractivity contribution in [2.45, 2.75) is 25.7 Å². The summed E-state index contributed by atoms with van der Waals surface area (Å²) in [7, 11) is 0. The number of fused-ring (bicyclic) bond motifs is 1. The van der Waals surface area contributed by atoms with Crippen LogP contribution >= 0.6 is 0 Å². The summed E-state index contributed by atoms with van der Waals surface area (Å²) in [6.45, 7) is 3.98. The quantitative estimate of drug-likeness (QED) is 0.427. The number of benzene rings is 2. The molecular weight excluding hydrogens is 392 g/mol. The third-order valence-corrected chi connectivity index (χ3v) is 6.02. The molecule has 0 spiro atoms. The van der Waals surface area contributed by atoms with Crippen LogP contribution in [-0.2, 0) is 11.2 Å². The molecule has 0 saturated carbocycles. The highest BCUT2D eigenvalue weighted by molar-refractivity contribution is 6.00. The molecule has 7 heteroatoms. The van der Waals surface area contributed by atoms with Crippen LogP contribution in [0, 0.1) is 0 Å². The number of amides is 2. The second kappa shape index (κ2) is 9.75. The number of carbonyl (C=O) groups is 2. The third kappa shape index (κ3) is 5.11. The van der Waals surface area contributed by atoms with Gasteiger partial charge in [0.15, 0.2) is 0 Å². The molecule has 0 unspecified atom stereocenters. The zero-order chi connectivity index (χ0) is 21.6. The van der Waals surface area contributed by atoms with E-state index in [1.807, 2.05) is 47.4 Å². The molecule has 2 aliphatic rings. The van der Waals surface area contributed by atoms with Crippen molar-refractivity contribution in [3.63, 3.8) is 0 Å². The van der Waals surface area contributed by atoms with Crippen molar-refractivity contribution in [2.75, 3.05) is 38.0 Å². The van der Waals surface area contributed by atoms with E-state index in [0.29, 0.717) is 43.6 Å². The lowest BCUT2D eigenvalue weighted by molar-refractivity contribution is -0.116. The minimum absolute atomic E-state index is 0.0313. The summed E-state index contributed by atoms with van der Waals surface area (Å²) in [5.41, 5.74) is 4.20. The number of hydrogen-bond acceptors (Lipinski definition) is 5. The minimum Gasteiger partial charge on any atom is -0.411 e. The van der Waals surface area contributed by atoms with E-state index in [-0.39, 0.29) is 11.8 Å². The van der Waals surface area contributed by atoms with Crippen molar-refractivity contribution in [1.29, 1.82) is 0 Å². The number of aryl methyl sites for hydroxylation is 1. The summed E-state index contributed by atoms with van der Waals surface area (Å²) in [6.07, 6.45) is 2.76. The molecule has 2 aromatic rings. The number of anilines is 1. The van der Waals surface area contributed by atoms with Gasteiger partial charge in [-0.05, 0) is 55.1 Å². The fourth-order valence-corrected chi connectivity index (χ4v) is 4.23. The fraction of sp³-hybridized carbons (Fsp3) is 0.375. The standard InChI is InChI=1S/C24H28N4O3/c29-23-11-9-19-17-20(8-10-21(19)25-23)24(30)28-15-13-27(14-16-28)12-4-7-22(26-31)18-5-2-1-3-6-18/h1-3,5-6,8,10,17,31H,4,7,9,11-16H2,(H,25,29)/b26-22+. The van der Waals surface area contributed by atoms with Gasteiger partial charge in [-0.15, -0.1) is 0 Å². The van der Waals surface area contributed by atoms with Crippen LogP contribution in [-0.4, -0.2) is 65.3 Å². The number of oxime groups is 1. The highest BCUT2D eigenvalue weighted by Crippen LogP contribution is 2.24. The van der Waals surface area contributed by atoms with E-state index in [4.69, 9.17) is 0 Å². The Bertz CT molecular complexity index is 966. The Balaban J connectivity index is 1.25. The largest absolute Gasteiger partial charge is 0.411 e. The van der Waals surface area contributed by atoms with Crippen LogP contribution in [0.4, 0.5) is 5.69 Å². The van der Waals surface area contributed by atoms with E-state index in [1.165, 1.54) is 0 Å². The molecule has 4 rings (SSSR count). The molecular formula is C24H28N4O3. The normalized spacial score (nSPS) is 17.2. The lowest BCUT2D eigenvalue weighted by Gasteiger charge is -2.35. The number of carbonyl (C=O) groups excluding carboxylic acids is 2. The van der Waals surface area contributed by atoms with Gasteiger partial charge in [-0.3, -0.25) is 14.5 Å². The first-order chi connectivity index (χ1) is 15.1. The Labute approximate surface area is 182 Å². The molecule has 2 aliphatic heterocycles. The predicted octanol–water partition coefficient (Wildman–Crippen LogP) is 2.99. The summed E-state index contributed by atoms with van der Waals surface area (Å²) >= 11 is 0. The van der Waals surface area contributed by atoms with Crippen LogP contribution in [0.1, 0.15) is 40.7 Å². The molecule has 0 bridgehead atoms. The molecule has 0 radical (unpaired) electrons. The number of piperazine rings is 1. The summed E-state index contributed by atoms with van der Waals surface area (Å²) < 4.78 is 0. The number of nitrogens with one attached hydrogen (secondary N) is 1. The zero-order valence-corrected chi connectivity index (χ0v) is 17.6. The summed E-state index contributed by atoms with van der Waals surface area (Å²) in [5.74, 6) is 0.0852. The maximum atomic E-state index is 12.9. The van der Waals surface area contributed by atoms with Crippen LogP contribution in [0.2, 0.25) is 0 Å². The Kier molecular flexibility index (Phi) is 6.62. The van der Waals surface area contributed by atoms with Crippen molar-refractivity contribution in [3.05, 3.63) is 65.2 Å².